The van der Waals surface area contributed by atoms with Gasteiger partial charge in [0.1, 0.15) is 0 Å². The van der Waals surface area contributed by atoms with Crippen LogP contribution in [0.25, 0.3) is 0 Å². The summed E-state index contributed by atoms with van der Waals surface area (Å²) in [7, 11) is 0. The molecule has 88 valence electrons. The third-order valence-corrected chi connectivity index (χ3v) is 3.42. The van der Waals surface area contributed by atoms with Crippen LogP contribution in [-0.4, -0.2) is 40.8 Å². The van der Waals surface area contributed by atoms with Crippen molar-refractivity contribution in [1.82, 2.24) is 5.32 Å². The Kier molecular flexibility index (Phi) is 1.87. The number of hydrogen-bond donors (Lipinski definition) is 3. The van der Waals surface area contributed by atoms with Crippen LogP contribution in [0.2, 0.25) is 0 Å². The quantitative estimate of drug-likeness (QED) is 0.380. The standard InChI is InChI=1S/C10H13NO5/c1-4(12)7-5-2-10(14,11-8(7)13)9-15-3-6(5)16-9/h5-6,9,12,14H,2-3H2,1H3,(H,11,13)/b7-4-. The summed E-state index contributed by atoms with van der Waals surface area (Å²) in [6.07, 6.45) is -0.729. The molecule has 0 radical (unpaired) electrons. The molecule has 3 aliphatic rings. The van der Waals surface area contributed by atoms with Crippen LogP contribution in [0.5, 0.6) is 0 Å². The van der Waals surface area contributed by atoms with Crippen molar-refractivity contribution in [1.29, 1.82) is 0 Å². The summed E-state index contributed by atoms with van der Waals surface area (Å²) < 4.78 is 10.7. The van der Waals surface area contributed by atoms with Crippen LogP contribution in [0.3, 0.4) is 0 Å². The molecule has 4 bridgehead atoms. The summed E-state index contributed by atoms with van der Waals surface area (Å²) in [6, 6.07) is 0. The zero-order valence-electron chi connectivity index (χ0n) is 8.77. The summed E-state index contributed by atoms with van der Waals surface area (Å²) in [5, 5.41) is 22.1. The lowest BCUT2D eigenvalue weighted by Gasteiger charge is -2.45. The van der Waals surface area contributed by atoms with Crippen molar-refractivity contribution >= 4 is 5.91 Å². The highest BCUT2D eigenvalue weighted by Gasteiger charge is 2.59. The van der Waals surface area contributed by atoms with E-state index in [0.717, 1.165) is 0 Å². The van der Waals surface area contributed by atoms with Crippen molar-refractivity contribution in [2.45, 2.75) is 31.5 Å². The maximum Gasteiger partial charge on any atom is 0.253 e. The van der Waals surface area contributed by atoms with Crippen LogP contribution in [-0.2, 0) is 14.3 Å². The van der Waals surface area contributed by atoms with Crippen molar-refractivity contribution in [2.24, 2.45) is 5.92 Å². The van der Waals surface area contributed by atoms with E-state index in [1.807, 2.05) is 0 Å². The Labute approximate surface area is 91.8 Å². The number of aliphatic hydroxyl groups excluding tert-OH is 1. The van der Waals surface area contributed by atoms with Gasteiger partial charge in [-0.05, 0) is 6.92 Å². The van der Waals surface area contributed by atoms with E-state index in [4.69, 9.17) is 9.47 Å². The molecular formula is C10H13NO5. The summed E-state index contributed by atoms with van der Waals surface area (Å²) in [6.45, 7) is 1.80. The molecule has 6 heteroatoms. The van der Waals surface area contributed by atoms with Crippen LogP contribution in [0, 0.1) is 5.92 Å². The number of piperidine rings is 1. The van der Waals surface area contributed by atoms with Gasteiger partial charge in [0.25, 0.3) is 5.91 Å². The van der Waals surface area contributed by atoms with Crippen molar-refractivity contribution in [3.8, 4) is 0 Å². The first-order chi connectivity index (χ1) is 7.51. The minimum absolute atomic E-state index is 0.0292. The second kappa shape index (κ2) is 2.97. The van der Waals surface area contributed by atoms with Gasteiger partial charge >= 0.3 is 0 Å². The van der Waals surface area contributed by atoms with E-state index in [-0.39, 0.29) is 17.8 Å². The number of carbonyl (C=O) groups excluding carboxylic acids is 1. The van der Waals surface area contributed by atoms with Gasteiger partial charge in [-0.15, -0.1) is 0 Å². The van der Waals surface area contributed by atoms with Crippen LogP contribution < -0.4 is 5.32 Å². The van der Waals surface area contributed by atoms with Crippen LogP contribution in [0.4, 0.5) is 0 Å². The number of fused-ring (bicyclic) bond motifs is 6. The first-order valence-corrected chi connectivity index (χ1v) is 5.23. The highest BCUT2D eigenvalue weighted by atomic mass is 16.7. The fraction of sp³-hybridized carbons (Fsp3) is 0.700. The molecule has 4 atom stereocenters. The molecule has 0 spiro atoms. The molecule has 0 aromatic rings. The molecule has 6 nitrogen and oxygen atoms in total. The largest absolute Gasteiger partial charge is 0.512 e. The van der Waals surface area contributed by atoms with E-state index in [0.29, 0.717) is 18.6 Å². The van der Waals surface area contributed by atoms with Gasteiger partial charge in [-0.1, -0.05) is 0 Å². The van der Waals surface area contributed by atoms with E-state index in [2.05, 4.69) is 5.32 Å². The van der Waals surface area contributed by atoms with Gasteiger partial charge in [0.05, 0.1) is 24.0 Å². The van der Waals surface area contributed by atoms with E-state index in [1.165, 1.54) is 6.92 Å². The van der Waals surface area contributed by atoms with Gasteiger partial charge in [-0.25, -0.2) is 0 Å². The van der Waals surface area contributed by atoms with Crippen molar-refractivity contribution in [3.05, 3.63) is 11.3 Å². The number of aliphatic hydroxyl groups is 2. The Hall–Kier alpha value is -1.11. The smallest absolute Gasteiger partial charge is 0.253 e. The molecule has 0 saturated carbocycles. The molecule has 3 N–H and O–H groups in total. The molecule has 3 fully saturated rings. The molecule has 1 amide bonds. The number of nitrogens with one attached hydrogen (secondary N) is 1. The molecule has 0 aromatic carbocycles. The van der Waals surface area contributed by atoms with Gasteiger partial charge in [-0.3, -0.25) is 4.79 Å². The van der Waals surface area contributed by atoms with E-state index in [9.17, 15) is 15.0 Å². The predicted octanol–water partition coefficient (Wildman–Crippen LogP) is -0.602. The Morgan fingerprint density at radius 3 is 3.06 bits per heavy atom. The molecule has 3 saturated heterocycles. The zero-order valence-corrected chi connectivity index (χ0v) is 8.77. The minimum atomic E-state index is -1.46. The SMILES string of the molecule is C/C(O)=C1/C(=O)NC2(O)CC1C1COC2O1. The van der Waals surface area contributed by atoms with Gasteiger partial charge in [0, 0.05) is 12.3 Å². The monoisotopic (exact) mass is 227 g/mol. The molecule has 3 rings (SSSR count). The second-order valence-electron chi connectivity index (χ2n) is 4.53. The average molecular weight is 227 g/mol. The molecular weight excluding hydrogens is 214 g/mol. The first kappa shape index (κ1) is 10.1. The van der Waals surface area contributed by atoms with Gasteiger partial charge in [0.15, 0.2) is 5.72 Å². The topological polar surface area (TPSA) is 88.0 Å². The third-order valence-electron chi connectivity index (χ3n) is 3.42. The van der Waals surface area contributed by atoms with Crippen molar-refractivity contribution < 1.29 is 24.5 Å². The summed E-state index contributed by atoms with van der Waals surface area (Å²) in [4.78, 5) is 11.8. The van der Waals surface area contributed by atoms with Crippen molar-refractivity contribution in [3.63, 3.8) is 0 Å². The summed E-state index contributed by atoms with van der Waals surface area (Å²) in [5.74, 6) is -0.774. The average Bonchev–Trinajstić information content (AvgIpc) is 2.60. The fourth-order valence-corrected chi connectivity index (χ4v) is 2.71. The fourth-order valence-electron chi connectivity index (χ4n) is 2.71. The molecule has 0 aliphatic carbocycles. The number of rotatable bonds is 0. The van der Waals surface area contributed by atoms with Crippen LogP contribution >= 0.6 is 0 Å². The summed E-state index contributed by atoms with van der Waals surface area (Å²) in [5.41, 5.74) is -1.17. The molecule has 4 unspecified atom stereocenters. The number of carbonyl (C=O) groups is 1. The molecule has 16 heavy (non-hydrogen) atoms. The van der Waals surface area contributed by atoms with E-state index < -0.39 is 17.9 Å². The number of hydrogen-bond acceptors (Lipinski definition) is 5. The number of amides is 1. The van der Waals surface area contributed by atoms with Gasteiger partial charge in [-0.2, -0.15) is 0 Å². The normalized spacial score (nSPS) is 48.9. The van der Waals surface area contributed by atoms with Crippen LogP contribution in [0.1, 0.15) is 13.3 Å². The first-order valence-electron chi connectivity index (χ1n) is 5.23. The maximum atomic E-state index is 11.8. The second-order valence-corrected chi connectivity index (χ2v) is 4.53. The predicted molar refractivity (Wildman–Crippen MR) is 51.1 cm³/mol. The highest BCUT2D eigenvalue weighted by Crippen LogP contribution is 2.44. The lowest BCUT2D eigenvalue weighted by atomic mass is 9.79. The lowest BCUT2D eigenvalue weighted by Crippen LogP contribution is -2.65. The van der Waals surface area contributed by atoms with E-state index in [1.54, 1.807) is 0 Å². The zero-order chi connectivity index (χ0) is 11.5. The lowest BCUT2D eigenvalue weighted by molar-refractivity contribution is -0.239. The molecule has 3 heterocycles. The number of ether oxygens (including phenoxy) is 2. The Morgan fingerprint density at radius 2 is 2.38 bits per heavy atom. The Balaban J connectivity index is 2.06. The van der Waals surface area contributed by atoms with Crippen LogP contribution in [0.15, 0.2) is 11.3 Å². The van der Waals surface area contributed by atoms with Gasteiger partial charge < -0.3 is 25.0 Å². The Bertz CT molecular complexity index is 389. The molecule has 3 aliphatic heterocycles. The minimum Gasteiger partial charge on any atom is -0.512 e. The maximum absolute atomic E-state index is 11.8. The van der Waals surface area contributed by atoms with Gasteiger partial charge in [0.2, 0.25) is 6.29 Å². The summed E-state index contributed by atoms with van der Waals surface area (Å²) >= 11 is 0. The van der Waals surface area contributed by atoms with Crippen molar-refractivity contribution in [2.75, 3.05) is 6.61 Å². The highest BCUT2D eigenvalue weighted by molar-refractivity contribution is 5.96. The molecule has 0 aromatic heterocycles. The van der Waals surface area contributed by atoms with E-state index >= 15 is 0 Å². The Morgan fingerprint density at radius 1 is 1.62 bits per heavy atom. The third kappa shape index (κ3) is 1.15. The number of allylic oxidation sites excluding steroid dienone is 1.